The zero-order valence-electron chi connectivity index (χ0n) is 15.1. The third-order valence-corrected chi connectivity index (χ3v) is 5.40. The number of aromatic nitrogens is 2. The molecule has 28 heavy (non-hydrogen) atoms. The zero-order valence-corrected chi connectivity index (χ0v) is 15.9. The van der Waals surface area contributed by atoms with Crippen molar-refractivity contribution in [2.24, 2.45) is 0 Å². The molecule has 3 rings (SSSR count). The van der Waals surface area contributed by atoms with Crippen LogP contribution in [-0.2, 0) is 22.3 Å². The van der Waals surface area contributed by atoms with Gasteiger partial charge in [0, 0.05) is 12.7 Å². The summed E-state index contributed by atoms with van der Waals surface area (Å²) in [6, 6.07) is 14.6. The van der Waals surface area contributed by atoms with Crippen molar-refractivity contribution < 1.29 is 17.6 Å². The molecule has 0 radical (unpaired) electrons. The van der Waals surface area contributed by atoms with E-state index >= 15 is 0 Å². The molecule has 0 bridgehead atoms. The number of amides is 1. The molecule has 0 atom stereocenters. The molecule has 146 valence electrons. The van der Waals surface area contributed by atoms with Gasteiger partial charge in [0.05, 0.1) is 5.75 Å². The topological polar surface area (TPSA) is 93.1 Å². The summed E-state index contributed by atoms with van der Waals surface area (Å²) >= 11 is 0. The first-order chi connectivity index (χ1) is 13.4. The normalized spacial score (nSPS) is 11.4. The van der Waals surface area contributed by atoms with E-state index in [4.69, 9.17) is 0 Å². The monoisotopic (exact) mass is 402 g/mol. The van der Waals surface area contributed by atoms with Crippen LogP contribution in [0.2, 0.25) is 0 Å². The van der Waals surface area contributed by atoms with E-state index in [2.05, 4.69) is 15.1 Å². The third-order valence-electron chi connectivity index (χ3n) is 4.06. The highest BCUT2D eigenvalue weighted by Gasteiger charge is 2.12. The van der Waals surface area contributed by atoms with Crippen LogP contribution < -0.4 is 10.0 Å². The molecule has 3 aromatic rings. The predicted molar refractivity (Wildman–Crippen MR) is 103 cm³/mol. The average molecular weight is 402 g/mol. The van der Waals surface area contributed by atoms with Gasteiger partial charge in [-0.05, 0) is 36.4 Å². The van der Waals surface area contributed by atoms with Crippen molar-refractivity contribution in [1.82, 2.24) is 19.8 Å². The molecule has 7 nitrogen and oxygen atoms in total. The molecule has 0 saturated carbocycles. The van der Waals surface area contributed by atoms with Gasteiger partial charge in [0.2, 0.25) is 10.0 Å². The Hall–Kier alpha value is -3.04. The fourth-order valence-corrected chi connectivity index (χ4v) is 3.31. The fourth-order valence-electron chi connectivity index (χ4n) is 2.53. The Morgan fingerprint density at radius 2 is 1.75 bits per heavy atom. The van der Waals surface area contributed by atoms with Gasteiger partial charge in [0.15, 0.2) is 5.69 Å². The number of hydrogen-bond donors (Lipinski definition) is 2. The van der Waals surface area contributed by atoms with Gasteiger partial charge in [0.25, 0.3) is 5.91 Å². The van der Waals surface area contributed by atoms with Crippen molar-refractivity contribution in [2.75, 3.05) is 7.05 Å². The molecular weight excluding hydrogens is 383 g/mol. The van der Waals surface area contributed by atoms with Crippen LogP contribution in [0, 0.1) is 5.82 Å². The van der Waals surface area contributed by atoms with Gasteiger partial charge in [-0.3, -0.25) is 4.79 Å². The molecule has 9 heteroatoms. The van der Waals surface area contributed by atoms with Crippen LogP contribution >= 0.6 is 0 Å². The molecule has 0 aliphatic heterocycles. The van der Waals surface area contributed by atoms with E-state index in [-0.39, 0.29) is 23.7 Å². The standard InChI is InChI=1S/C19H19FN4O3S/c1-21-28(26,27)13-15-8-6-14(7-9-15)12-22-19(25)17-10-11-24(23-17)18-5-3-2-4-16(18)20/h2-11,21H,12-13H2,1H3,(H,22,25). The minimum Gasteiger partial charge on any atom is -0.347 e. The van der Waals surface area contributed by atoms with Gasteiger partial charge in [-0.25, -0.2) is 22.2 Å². The first-order valence-corrected chi connectivity index (χ1v) is 10.1. The lowest BCUT2D eigenvalue weighted by Crippen LogP contribution is -2.23. The number of benzene rings is 2. The Balaban J connectivity index is 1.61. The van der Waals surface area contributed by atoms with E-state index < -0.39 is 21.7 Å². The number of carbonyl (C=O) groups excluding carboxylic acids is 1. The van der Waals surface area contributed by atoms with Gasteiger partial charge in [-0.1, -0.05) is 36.4 Å². The Labute approximate surface area is 162 Å². The second-order valence-electron chi connectivity index (χ2n) is 6.06. The van der Waals surface area contributed by atoms with Crippen molar-refractivity contribution in [3.63, 3.8) is 0 Å². The molecule has 1 aromatic heterocycles. The number of para-hydroxylation sites is 1. The van der Waals surface area contributed by atoms with E-state index in [0.717, 1.165) is 5.56 Å². The minimum atomic E-state index is -3.33. The molecule has 1 heterocycles. The van der Waals surface area contributed by atoms with Crippen LogP contribution in [0.15, 0.2) is 60.8 Å². The lowest BCUT2D eigenvalue weighted by Gasteiger charge is -2.06. The Morgan fingerprint density at radius 3 is 2.43 bits per heavy atom. The van der Waals surface area contributed by atoms with Gasteiger partial charge in [0.1, 0.15) is 11.5 Å². The number of nitrogens with zero attached hydrogens (tertiary/aromatic N) is 2. The van der Waals surface area contributed by atoms with Crippen LogP contribution in [0.25, 0.3) is 5.69 Å². The van der Waals surface area contributed by atoms with E-state index in [1.165, 1.54) is 30.1 Å². The summed E-state index contributed by atoms with van der Waals surface area (Å²) in [5, 5.41) is 6.84. The minimum absolute atomic E-state index is 0.108. The van der Waals surface area contributed by atoms with E-state index in [0.29, 0.717) is 5.56 Å². The number of nitrogens with one attached hydrogen (secondary N) is 2. The molecule has 2 aromatic carbocycles. The number of hydrogen-bond acceptors (Lipinski definition) is 4. The van der Waals surface area contributed by atoms with E-state index in [1.807, 2.05) is 0 Å². The molecule has 1 amide bonds. The Kier molecular flexibility index (Phi) is 5.86. The predicted octanol–water partition coefficient (Wildman–Crippen LogP) is 1.99. The first kappa shape index (κ1) is 19.7. The number of rotatable bonds is 7. The van der Waals surface area contributed by atoms with Crippen molar-refractivity contribution in [1.29, 1.82) is 0 Å². The maximum Gasteiger partial charge on any atom is 0.272 e. The van der Waals surface area contributed by atoms with Crippen molar-refractivity contribution in [3.05, 3.63) is 83.4 Å². The highest BCUT2D eigenvalue weighted by molar-refractivity contribution is 7.88. The number of carbonyl (C=O) groups is 1. The van der Waals surface area contributed by atoms with Gasteiger partial charge in [-0.15, -0.1) is 0 Å². The fraction of sp³-hybridized carbons (Fsp3) is 0.158. The highest BCUT2D eigenvalue weighted by atomic mass is 32.2. The number of sulfonamides is 1. The summed E-state index contributed by atoms with van der Waals surface area (Å²) in [7, 11) is -1.96. The van der Waals surface area contributed by atoms with Gasteiger partial charge in [-0.2, -0.15) is 5.10 Å². The molecule has 0 spiro atoms. The largest absolute Gasteiger partial charge is 0.347 e. The molecule has 2 N–H and O–H groups in total. The SMILES string of the molecule is CNS(=O)(=O)Cc1ccc(CNC(=O)c2ccn(-c3ccccc3F)n2)cc1. The van der Waals surface area contributed by atoms with E-state index in [1.54, 1.807) is 42.5 Å². The second kappa shape index (κ2) is 8.32. The molecule has 0 saturated heterocycles. The maximum absolute atomic E-state index is 13.8. The Bertz CT molecular complexity index is 1080. The smallest absolute Gasteiger partial charge is 0.272 e. The van der Waals surface area contributed by atoms with Crippen LogP contribution in [0.1, 0.15) is 21.6 Å². The summed E-state index contributed by atoms with van der Waals surface area (Å²) < 4.78 is 40.5. The first-order valence-electron chi connectivity index (χ1n) is 8.46. The Morgan fingerprint density at radius 1 is 1.07 bits per heavy atom. The summed E-state index contributed by atoms with van der Waals surface area (Å²) in [6.45, 7) is 0.254. The number of halogens is 1. The van der Waals surface area contributed by atoms with Crippen molar-refractivity contribution in [3.8, 4) is 5.69 Å². The summed E-state index contributed by atoms with van der Waals surface area (Å²) in [5.74, 6) is -0.932. The summed E-state index contributed by atoms with van der Waals surface area (Å²) in [5.41, 5.74) is 1.88. The van der Waals surface area contributed by atoms with Crippen molar-refractivity contribution in [2.45, 2.75) is 12.3 Å². The summed E-state index contributed by atoms with van der Waals surface area (Å²) in [4.78, 5) is 12.3. The highest BCUT2D eigenvalue weighted by Crippen LogP contribution is 2.12. The zero-order chi connectivity index (χ0) is 20.1. The lowest BCUT2D eigenvalue weighted by molar-refractivity contribution is 0.0945. The van der Waals surface area contributed by atoms with Crippen LogP contribution in [0.3, 0.4) is 0 Å². The second-order valence-corrected chi connectivity index (χ2v) is 7.99. The molecule has 0 aliphatic rings. The van der Waals surface area contributed by atoms with Crippen LogP contribution in [0.4, 0.5) is 4.39 Å². The van der Waals surface area contributed by atoms with Crippen LogP contribution in [0.5, 0.6) is 0 Å². The molecular formula is C19H19FN4O3S. The van der Waals surface area contributed by atoms with Gasteiger partial charge < -0.3 is 5.32 Å². The van der Waals surface area contributed by atoms with Crippen LogP contribution in [-0.4, -0.2) is 31.2 Å². The third kappa shape index (κ3) is 4.81. The molecule has 0 fully saturated rings. The summed E-state index contributed by atoms with van der Waals surface area (Å²) in [6.07, 6.45) is 1.52. The molecule has 0 unspecified atom stereocenters. The van der Waals surface area contributed by atoms with Crippen molar-refractivity contribution >= 4 is 15.9 Å². The average Bonchev–Trinajstić information content (AvgIpc) is 3.17. The van der Waals surface area contributed by atoms with E-state index in [9.17, 15) is 17.6 Å². The quantitative estimate of drug-likeness (QED) is 0.632. The maximum atomic E-state index is 13.8. The lowest BCUT2D eigenvalue weighted by atomic mass is 10.1. The molecule has 0 aliphatic carbocycles. The van der Waals surface area contributed by atoms with Gasteiger partial charge >= 0.3 is 0 Å².